The van der Waals surface area contributed by atoms with E-state index in [-0.39, 0.29) is 11.9 Å². The summed E-state index contributed by atoms with van der Waals surface area (Å²) in [6.45, 7) is 2.11. The number of hydrogen-bond acceptors (Lipinski definition) is 6. The van der Waals surface area contributed by atoms with Crippen LogP contribution in [0.2, 0.25) is 0 Å². The lowest BCUT2D eigenvalue weighted by Gasteiger charge is -2.06. The number of fused-ring (bicyclic) bond motifs is 1. The van der Waals surface area contributed by atoms with Crippen LogP contribution in [0.25, 0.3) is 15.8 Å². The van der Waals surface area contributed by atoms with Crippen molar-refractivity contribution < 1.29 is 14.3 Å². The van der Waals surface area contributed by atoms with Gasteiger partial charge in [0.25, 0.3) is 5.91 Å². The largest absolute Gasteiger partial charge is 0.462 e. The maximum absolute atomic E-state index is 12.5. The van der Waals surface area contributed by atoms with E-state index in [1.165, 1.54) is 17.7 Å². The Bertz CT molecular complexity index is 1130. The predicted molar refractivity (Wildman–Crippen MR) is 107 cm³/mol. The molecule has 1 N–H and O–H groups in total. The Balaban J connectivity index is 1.50. The van der Waals surface area contributed by atoms with Crippen molar-refractivity contribution in [3.63, 3.8) is 0 Å². The number of nitrogens with zero attached hydrogens (tertiary/aromatic N) is 3. The minimum atomic E-state index is -0.332. The van der Waals surface area contributed by atoms with Gasteiger partial charge in [0.1, 0.15) is 17.5 Å². The molecule has 28 heavy (non-hydrogen) atoms. The molecule has 0 radical (unpaired) electrons. The maximum Gasteiger partial charge on any atom is 0.348 e. The van der Waals surface area contributed by atoms with Gasteiger partial charge < -0.3 is 10.1 Å². The first-order chi connectivity index (χ1) is 13.6. The molecule has 0 aliphatic rings. The van der Waals surface area contributed by atoms with E-state index >= 15 is 0 Å². The van der Waals surface area contributed by atoms with E-state index in [1.54, 1.807) is 48.3 Å². The molecule has 0 aliphatic heterocycles. The first-order valence-electron chi connectivity index (χ1n) is 8.61. The van der Waals surface area contributed by atoms with E-state index in [4.69, 9.17) is 4.74 Å². The van der Waals surface area contributed by atoms with E-state index in [9.17, 15) is 9.59 Å². The zero-order chi connectivity index (χ0) is 19.5. The van der Waals surface area contributed by atoms with Gasteiger partial charge in [-0.3, -0.25) is 4.79 Å². The van der Waals surface area contributed by atoms with Crippen molar-refractivity contribution >= 4 is 39.0 Å². The van der Waals surface area contributed by atoms with Crippen LogP contribution in [0.4, 0.5) is 5.69 Å². The van der Waals surface area contributed by atoms with Crippen LogP contribution in [-0.2, 0) is 4.74 Å². The molecule has 2 heterocycles. The highest BCUT2D eigenvalue weighted by Crippen LogP contribution is 2.29. The second kappa shape index (κ2) is 7.61. The lowest BCUT2D eigenvalue weighted by Crippen LogP contribution is -2.11. The van der Waals surface area contributed by atoms with Crippen LogP contribution in [0.1, 0.15) is 27.0 Å². The number of amides is 1. The normalized spacial score (nSPS) is 10.8. The molecule has 0 fully saturated rings. The lowest BCUT2D eigenvalue weighted by molar-refractivity contribution is 0.0532. The Morgan fingerprint density at radius 3 is 2.68 bits per heavy atom. The fourth-order valence-corrected chi connectivity index (χ4v) is 3.67. The van der Waals surface area contributed by atoms with Crippen LogP contribution >= 0.6 is 11.3 Å². The monoisotopic (exact) mass is 392 g/mol. The minimum Gasteiger partial charge on any atom is -0.462 e. The average Bonchev–Trinajstić information content (AvgIpc) is 3.38. The molecule has 0 spiro atoms. The molecule has 4 aromatic rings. The number of aromatic nitrogens is 3. The van der Waals surface area contributed by atoms with E-state index < -0.39 is 0 Å². The fourth-order valence-electron chi connectivity index (χ4n) is 2.73. The molecule has 0 saturated carbocycles. The van der Waals surface area contributed by atoms with Gasteiger partial charge in [-0.15, -0.1) is 11.3 Å². The molecule has 0 aliphatic carbocycles. The SMILES string of the molecule is CCOC(=O)c1cc2cc(NC(=O)c3ccc(-n4cncn4)cc3)ccc2s1. The number of benzene rings is 2. The number of carbonyl (C=O) groups excluding carboxylic acids is 2. The molecule has 4 rings (SSSR count). The van der Waals surface area contributed by atoms with Gasteiger partial charge in [-0.05, 0) is 60.8 Å². The third-order valence-electron chi connectivity index (χ3n) is 4.06. The van der Waals surface area contributed by atoms with Crippen LogP contribution in [0, 0.1) is 0 Å². The number of thiophene rings is 1. The van der Waals surface area contributed by atoms with Crippen LogP contribution < -0.4 is 5.32 Å². The first kappa shape index (κ1) is 17.9. The highest BCUT2D eigenvalue weighted by molar-refractivity contribution is 7.20. The van der Waals surface area contributed by atoms with E-state index in [0.29, 0.717) is 22.7 Å². The van der Waals surface area contributed by atoms with Crippen molar-refractivity contribution in [2.24, 2.45) is 0 Å². The van der Waals surface area contributed by atoms with Crippen molar-refractivity contribution in [1.29, 1.82) is 0 Å². The molecule has 2 aromatic carbocycles. The highest BCUT2D eigenvalue weighted by Gasteiger charge is 2.12. The number of rotatable bonds is 5. The second-order valence-corrected chi connectivity index (χ2v) is 7.01. The van der Waals surface area contributed by atoms with Gasteiger partial charge in [-0.1, -0.05) is 0 Å². The van der Waals surface area contributed by atoms with Gasteiger partial charge in [-0.2, -0.15) is 5.10 Å². The van der Waals surface area contributed by atoms with Gasteiger partial charge in [0.2, 0.25) is 0 Å². The Labute approximate surface area is 164 Å². The Morgan fingerprint density at radius 2 is 1.96 bits per heavy atom. The summed E-state index contributed by atoms with van der Waals surface area (Å²) in [5.74, 6) is -0.549. The molecular formula is C20H16N4O3S. The predicted octanol–water partition coefficient (Wildman–Crippen LogP) is 3.91. The molecule has 1 amide bonds. The smallest absolute Gasteiger partial charge is 0.348 e. The number of anilines is 1. The van der Waals surface area contributed by atoms with Crippen LogP contribution in [0.15, 0.2) is 61.2 Å². The standard InChI is InChI=1S/C20H16N4O3S/c1-2-27-20(26)18-10-14-9-15(5-8-17(14)28-18)23-19(25)13-3-6-16(7-4-13)24-12-21-11-22-24/h3-12H,2H2,1H3,(H,23,25). The van der Waals surface area contributed by atoms with Gasteiger partial charge in [-0.25, -0.2) is 14.5 Å². The first-order valence-corrected chi connectivity index (χ1v) is 9.43. The molecule has 8 heteroatoms. The molecule has 0 atom stereocenters. The molecule has 0 saturated heterocycles. The van der Waals surface area contributed by atoms with Gasteiger partial charge in [0.15, 0.2) is 0 Å². The zero-order valence-corrected chi connectivity index (χ0v) is 15.8. The van der Waals surface area contributed by atoms with Crippen LogP contribution in [-0.4, -0.2) is 33.2 Å². The summed E-state index contributed by atoms with van der Waals surface area (Å²) in [6.07, 6.45) is 3.05. The maximum atomic E-state index is 12.5. The summed E-state index contributed by atoms with van der Waals surface area (Å²) in [4.78, 5) is 28.9. The fraction of sp³-hybridized carbons (Fsp3) is 0.100. The van der Waals surface area contributed by atoms with Gasteiger partial charge >= 0.3 is 5.97 Å². The Kier molecular flexibility index (Phi) is 4.86. The zero-order valence-electron chi connectivity index (χ0n) is 15.0. The topological polar surface area (TPSA) is 86.1 Å². The third-order valence-corrected chi connectivity index (χ3v) is 5.16. The van der Waals surface area contributed by atoms with Gasteiger partial charge in [0.05, 0.1) is 12.3 Å². The number of hydrogen-bond donors (Lipinski definition) is 1. The quantitative estimate of drug-likeness (QED) is 0.521. The van der Waals surface area contributed by atoms with Crippen molar-refractivity contribution in [3.05, 3.63) is 71.6 Å². The summed E-state index contributed by atoms with van der Waals surface area (Å²) in [5, 5.41) is 7.82. The van der Waals surface area contributed by atoms with Crippen molar-refractivity contribution in [2.75, 3.05) is 11.9 Å². The van der Waals surface area contributed by atoms with Crippen LogP contribution in [0.5, 0.6) is 0 Å². The summed E-state index contributed by atoms with van der Waals surface area (Å²) in [6, 6.07) is 14.4. The van der Waals surface area contributed by atoms with E-state index in [2.05, 4.69) is 15.4 Å². The van der Waals surface area contributed by atoms with E-state index in [1.807, 2.05) is 18.2 Å². The molecule has 140 valence electrons. The number of nitrogens with one attached hydrogen (secondary N) is 1. The average molecular weight is 392 g/mol. The number of esters is 1. The van der Waals surface area contributed by atoms with Crippen molar-refractivity contribution in [1.82, 2.24) is 14.8 Å². The van der Waals surface area contributed by atoms with E-state index in [0.717, 1.165) is 15.8 Å². The molecule has 7 nitrogen and oxygen atoms in total. The summed E-state index contributed by atoms with van der Waals surface area (Å²) >= 11 is 1.37. The Morgan fingerprint density at radius 1 is 1.14 bits per heavy atom. The number of carbonyl (C=O) groups is 2. The molecule has 0 bridgehead atoms. The minimum absolute atomic E-state index is 0.217. The lowest BCUT2D eigenvalue weighted by atomic mass is 10.1. The Hall–Kier alpha value is -3.52. The van der Waals surface area contributed by atoms with Crippen molar-refractivity contribution in [3.8, 4) is 5.69 Å². The molecule has 0 unspecified atom stereocenters. The third kappa shape index (κ3) is 3.63. The number of ether oxygens (including phenoxy) is 1. The summed E-state index contributed by atoms with van der Waals surface area (Å²) < 4.78 is 7.61. The highest BCUT2D eigenvalue weighted by atomic mass is 32.1. The summed E-state index contributed by atoms with van der Waals surface area (Å²) in [7, 11) is 0. The second-order valence-electron chi connectivity index (χ2n) is 5.92. The molecule has 2 aromatic heterocycles. The van der Waals surface area contributed by atoms with Gasteiger partial charge in [0, 0.05) is 16.0 Å². The molecular weight excluding hydrogens is 376 g/mol. The van der Waals surface area contributed by atoms with Crippen molar-refractivity contribution in [2.45, 2.75) is 6.92 Å². The summed E-state index contributed by atoms with van der Waals surface area (Å²) in [5.41, 5.74) is 2.01. The van der Waals surface area contributed by atoms with Crippen LogP contribution in [0.3, 0.4) is 0 Å².